The second kappa shape index (κ2) is 9.48. The molecule has 2 aromatic rings. The number of hydrogen-bond donors (Lipinski definition) is 1. The Morgan fingerprint density at radius 1 is 1.03 bits per heavy atom. The van der Waals surface area contributed by atoms with E-state index in [1.165, 1.54) is 50.5 Å². The Morgan fingerprint density at radius 2 is 1.62 bits per heavy atom. The van der Waals surface area contributed by atoms with Gasteiger partial charge in [-0.2, -0.15) is 12.7 Å². The summed E-state index contributed by atoms with van der Waals surface area (Å²) in [6, 6.07) is 10.8. The van der Waals surface area contributed by atoms with Crippen LogP contribution in [0.15, 0.2) is 48.5 Å². The van der Waals surface area contributed by atoms with Crippen molar-refractivity contribution in [3.05, 3.63) is 59.9 Å². The zero-order valence-electron chi connectivity index (χ0n) is 16.3. The van der Waals surface area contributed by atoms with Gasteiger partial charge in [0.05, 0.1) is 17.9 Å². The lowest BCUT2D eigenvalue weighted by molar-refractivity contribution is -0.114. The molecule has 0 aliphatic heterocycles. The molecule has 29 heavy (non-hydrogen) atoms. The third kappa shape index (κ3) is 5.75. The molecule has 0 atom stereocenters. The number of benzene rings is 2. The molecular weight excluding hydrogens is 401 g/mol. The fourth-order valence-corrected chi connectivity index (χ4v) is 3.41. The van der Waals surface area contributed by atoms with Gasteiger partial charge in [-0.25, -0.2) is 13.5 Å². The second-order valence-electron chi connectivity index (χ2n) is 6.12. The van der Waals surface area contributed by atoms with E-state index >= 15 is 0 Å². The highest BCUT2D eigenvalue weighted by Gasteiger charge is 2.27. The maximum Gasteiger partial charge on any atom is 0.338 e. The van der Waals surface area contributed by atoms with Crippen molar-refractivity contribution in [3.63, 3.8) is 0 Å². The van der Waals surface area contributed by atoms with Crippen LogP contribution >= 0.6 is 0 Å². The highest BCUT2D eigenvalue weighted by molar-refractivity contribution is 7.90. The highest BCUT2D eigenvalue weighted by atomic mass is 32.2. The van der Waals surface area contributed by atoms with E-state index in [1.54, 1.807) is 6.92 Å². The number of carbonyl (C=O) groups excluding carboxylic acids is 2. The largest absolute Gasteiger partial charge is 0.462 e. The van der Waals surface area contributed by atoms with E-state index in [0.29, 0.717) is 11.3 Å². The molecule has 156 valence electrons. The molecule has 0 saturated heterocycles. The van der Waals surface area contributed by atoms with Crippen molar-refractivity contribution in [2.45, 2.75) is 6.92 Å². The fraction of sp³-hybridized carbons (Fsp3) is 0.263. The zero-order valence-corrected chi connectivity index (χ0v) is 17.1. The molecule has 2 rings (SSSR count). The number of nitrogens with zero attached hydrogens (tertiary/aromatic N) is 2. The van der Waals surface area contributed by atoms with Gasteiger partial charge < -0.3 is 10.1 Å². The maximum atomic E-state index is 13.2. The summed E-state index contributed by atoms with van der Waals surface area (Å²) in [5.41, 5.74) is 0.852. The van der Waals surface area contributed by atoms with Gasteiger partial charge in [0.2, 0.25) is 5.91 Å². The normalized spacial score (nSPS) is 11.2. The van der Waals surface area contributed by atoms with Gasteiger partial charge >= 0.3 is 16.2 Å². The summed E-state index contributed by atoms with van der Waals surface area (Å²) in [5.74, 6) is -1.62. The standard InChI is InChI=1S/C19H22FN3O5S/c1-4-28-19(25)14-5-9-16(10-6-14)21-18(24)13-23(29(26,27)22(2)3)17-11-7-15(20)8-12-17/h5-12H,4,13H2,1-3H3,(H,21,24). The lowest BCUT2D eigenvalue weighted by Gasteiger charge is -2.26. The topological polar surface area (TPSA) is 96.0 Å². The van der Waals surface area contributed by atoms with Crippen molar-refractivity contribution in [2.24, 2.45) is 0 Å². The van der Waals surface area contributed by atoms with Crippen LogP contribution in [0.3, 0.4) is 0 Å². The van der Waals surface area contributed by atoms with Crippen molar-refractivity contribution in [1.82, 2.24) is 4.31 Å². The summed E-state index contributed by atoms with van der Waals surface area (Å²) in [7, 11) is -1.33. The molecule has 0 bridgehead atoms. The Kier molecular flexibility index (Phi) is 7.29. The van der Waals surface area contributed by atoms with Crippen LogP contribution in [0.25, 0.3) is 0 Å². The van der Waals surface area contributed by atoms with Gasteiger partial charge in [-0.05, 0) is 55.5 Å². The van der Waals surface area contributed by atoms with E-state index in [1.807, 2.05) is 0 Å². The number of esters is 1. The third-order valence-electron chi connectivity index (χ3n) is 3.82. The van der Waals surface area contributed by atoms with Crippen molar-refractivity contribution in [1.29, 1.82) is 0 Å². The van der Waals surface area contributed by atoms with Crippen LogP contribution in [0.1, 0.15) is 17.3 Å². The lowest BCUT2D eigenvalue weighted by atomic mass is 10.2. The first-order valence-corrected chi connectivity index (χ1v) is 10.1. The van der Waals surface area contributed by atoms with Crippen LogP contribution in [0.5, 0.6) is 0 Å². The summed E-state index contributed by atoms with van der Waals surface area (Å²) in [6.07, 6.45) is 0. The molecule has 0 radical (unpaired) electrons. The minimum absolute atomic E-state index is 0.146. The Hall–Kier alpha value is -2.98. The minimum Gasteiger partial charge on any atom is -0.462 e. The molecule has 0 aliphatic carbocycles. The van der Waals surface area contributed by atoms with Crippen LogP contribution < -0.4 is 9.62 Å². The van der Waals surface area contributed by atoms with E-state index < -0.39 is 34.4 Å². The third-order valence-corrected chi connectivity index (χ3v) is 5.64. The van der Waals surface area contributed by atoms with Gasteiger partial charge in [-0.3, -0.25) is 4.79 Å². The number of ether oxygens (including phenoxy) is 1. The van der Waals surface area contributed by atoms with Gasteiger partial charge in [0.25, 0.3) is 0 Å². The minimum atomic E-state index is -3.99. The van der Waals surface area contributed by atoms with E-state index in [0.717, 1.165) is 20.7 Å². The first kappa shape index (κ1) is 22.3. The number of hydrogen-bond acceptors (Lipinski definition) is 5. The molecule has 0 saturated carbocycles. The van der Waals surface area contributed by atoms with Gasteiger partial charge in [0, 0.05) is 19.8 Å². The van der Waals surface area contributed by atoms with Crippen molar-refractivity contribution >= 4 is 33.5 Å². The average molecular weight is 423 g/mol. The molecule has 2 aromatic carbocycles. The van der Waals surface area contributed by atoms with Crippen LogP contribution in [-0.2, 0) is 19.7 Å². The summed E-state index contributed by atoms with van der Waals surface area (Å²) in [6.45, 7) is 1.42. The summed E-state index contributed by atoms with van der Waals surface area (Å²) in [4.78, 5) is 24.1. The molecule has 0 spiro atoms. The van der Waals surface area contributed by atoms with E-state index in [4.69, 9.17) is 4.74 Å². The van der Waals surface area contributed by atoms with Gasteiger partial charge in [0.1, 0.15) is 12.4 Å². The number of nitrogens with one attached hydrogen (secondary N) is 1. The monoisotopic (exact) mass is 423 g/mol. The van der Waals surface area contributed by atoms with E-state index in [-0.39, 0.29) is 12.3 Å². The molecule has 10 heteroatoms. The van der Waals surface area contributed by atoms with Gasteiger partial charge in [-0.1, -0.05) is 0 Å². The van der Waals surface area contributed by atoms with Crippen molar-refractivity contribution < 1.29 is 27.1 Å². The van der Waals surface area contributed by atoms with Crippen molar-refractivity contribution in [2.75, 3.05) is 36.9 Å². The molecule has 0 unspecified atom stereocenters. The van der Waals surface area contributed by atoms with Gasteiger partial charge in [-0.15, -0.1) is 0 Å². The van der Waals surface area contributed by atoms with E-state index in [9.17, 15) is 22.4 Å². The van der Waals surface area contributed by atoms with Crippen LogP contribution in [0.4, 0.5) is 15.8 Å². The number of carbonyl (C=O) groups is 2. The molecular formula is C19H22FN3O5S. The zero-order chi connectivity index (χ0) is 21.6. The van der Waals surface area contributed by atoms with Crippen LogP contribution in [-0.4, -0.2) is 51.8 Å². The van der Waals surface area contributed by atoms with E-state index in [2.05, 4.69) is 5.32 Å². The number of anilines is 2. The molecule has 1 N–H and O–H groups in total. The molecule has 0 aliphatic rings. The molecule has 8 nitrogen and oxygen atoms in total. The molecule has 1 amide bonds. The molecule has 0 fully saturated rings. The summed E-state index contributed by atoms with van der Waals surface area (Å²) < 4.78 is 45.1. The highest BCUT2D eigenvalue weighted by Crippen LogP contribution is 2.20. The number of rotatable bonds is 8. The average Bonchev–Trinajstić information content (AvgIpc) is 2.67. The predicted molar refractivity (Wildman–Crippen MR) is 107 cm³/mol. The summed E-state index contributed by atoms with van der Waals surface area (Å²) >= 11 is 0. The smallest absolute Gasteiger partial charge is 0.338 e. The number of amides is 1. The fourth-order valence-electron chi connectivity index (χ4n) is 2.35. The first-order chi connectivity index (χ1) is 13.6. The van der Waals surface area contributed by atoms with Crippen molar-refractivity contribution in [3.8, 4) is 0 Å². The van der Waals surface area contributed by atoms with Gasteiger partial charge in [0.15, 0.2) is 0 Å². The quantitative estimate of drug-likeness (QED) is 0.657. The van der Waals surface area contributed by atoms with Crippen LogP contribution in [0, 0.1) is 5.82 Å². The summed E-state index contributed by atoms with van der Waals surface area (Å²) in [5, 5.41) is 2.57. The Balaban J connectivity index is 2.17. The Morgan fingerprint density at radius 3 is 2.14 bits per heavy atom. The molecule has 0 aromatic heterocycles. The Labute approximate surface area is 169 Å². The maximum absolute atomic E-state index is 13.2. The lowest BCUT2D eigenvalue weighted by Crippen LogP contribution is -2.44. The second-order valence-corrected chi connectivity index (χ2v) is 8.19. The number of halogens is 1. The predicted octanol–water partition coefficient (Wildman–Crippen LogP) is 2.25. The first-order valence-electron chi connectivity index (χ1n) is 8.68. The SMILES string of the molecule is CCOC(=O)c1ccc(NC(=O)CN(c2ccc(F)cc2)S(=O)(=O)N(C)C)cc1. The molecule has 0 heterocycles. The van der Waals surface area contributed by atoms with Crippen LogP contribution in [0.2, 0.25) is 0 Å². The Bertz CT molecular complexity index is 960.